The second-order valence-electron chi connectivity index (χ2n) is 6.06. The molecule has 0 saturated carbocycles. The van der Waals surface area contributed by atoms with Gasteiger partial charge in [0.05, 0.1) is 16.6 Å². The lowest BCUT2D eigenvalue weighted by atomic mass is 10.1. The zero-order valence-electron chi connectivity index (χ0n) is 14.4. The van der Waals surface area contributed by atoms with Gasteiger partial charge in [-0.05, 0) is 23.8 Å². The number of phenolic OH excluding ortho intramolecular Hbond substituents is 2. The van der Waals surface area contributed by atoms with E-state index >= 15 is 0 Å². The molecule has 0 saturated heterocycles. The highest BCUT2D eigenvalue weighted by molar-refractivity contribution is 7.90. The third kappa shape index (κ3) is 2.80. The third-order valence-electron chi connectivity index (χ3n) is 4.28. The van der Waals surface area contributed by atoms with Gasteiger partial charge in [-0.1, -0.05) is 36.4 Å². The Hall–Kier alpha value is -3.65. The maximum Gasteiger partial charge on any atom is 0.286 e. The first-order valence-corrected chi connectivity index (χ1v) is 9.67. The zero-order chi connectivity index (χ0) is 19.9. The molecule has 7 nitrogen and oxygen atoms in total. The summed E-state index contributed by atoms with van der Waals surface area (Å²) in [5, 5.41) is 19.5. The first kappa shape index (κ1) is 17.7. The molecular weight excluding hydrogens is 380 g/mol. The lowest BCUT2D eigenvalue weighted by Gasteiger charge is -2.17. The van der Waals surface area contributed by atoms with Crippen molar-refractivity contribution in [3.63, 3.8) is 0 Å². The van der Waals surface area contributed by atoms with Crippen LogP contribution in [0.2, 0.25) is 0 Å². The predicted molar refractivity (Wildman–Crippen MR) is 104 cm³/mol. The van der Waals surface area contributed by atoms with Crippen molar-refractivity contribution >= 4 is 20.9 Å². The molecule has 140 valence electrons. The van der Waals surface area contributed by atoms with E-state index < -0.39 is 27.0 Å². The lowest BCUT2D eigenvalue weighted by molar-refractivity contribution is 0.404. The maximum absolute atomic E-state index is 13.4. The van der Waals surface area contributed by atoms with Crippen molar-refractivity contribution in [1.29, 1.82) is 0 Å². The van der Waals surface area contributed by atoms with Gasteiger partial charge in [-0.2, -0.15) is 8.42 Å². The van der Waals surface area contributed by atoms with Crippen LogP contribution in [-0.2, 0) is 10.0 Å². The summed E-state index contributed by atoms with van der Waals surface area (Å²) in [4.78, 5) is 16.6. The molecule has 4 rings (SSSR count). The van der Waals surface area contributed by atoms with Crippen molar-refractivity contribution < 1.29 is 18.6 Å². The molecule has 0 aliphatic rings. The third-order valence-corrected chi connectivity index (χ3v) is 5.92. The molecule has 0 radical (unpaired) electrons. The van der Waals surface area contributed by atoms with Crippen LogP contribution < -0.4 is 5.43 Å². The molecule has 2 N–H and O–H groups in total. The second kappa shape index (κ2) is 6.50. The van der Waals surface area contributed by atoms with Gasteiger partial charge in [0.2, 0.25) is 0 Å². The van der Waals surface area contributed by atoms with Crippen molar-refractivity contribution in [2.24, 2.45) is 0 Å². The number of pyridine rings is 2. The van der Waals surface area contributed by atoms with Gasteiger partial charge >= 0.3 is 0 Å². The number of rotatable bonds is 3. The number of aromatic hydroxyl groups is 2. The van der Waals surface area contributed by atoms with E-state index in [9.17, 15) is 23.4 Å². The smallest absolute Gasteiger partial charge is 0.286 e. The number of aromatic nitrogens is 2. The molecule has 4 aromatic rings. The fourth-order valence-corrected chi connectivity index (χ4v) is 4.44. The highest BCUT2D eigenvalue weighted by atomic mass is 32.2. The minimum Gasteiger partial charge on any atom is -0.504 e. The molecule has 0 aliphatic heterocycles. The standard InChI is InChI=1S/C20H14N2O5S/c23-17-11-15(13-6-2-1-3-7-13)22(16-12-19(25)18(24)10-14(16)17)28(26,27)20-8-4-5-9-21-20/h1-12,24-25H. The van der Waals surface area contributed by atoms with Gasteiger partial charge in [0.25, 0.3) is 10.0 Å². The SMILES string of the molecule is O=c1cc(-c2ccccc2)n(S(=O)(=O)c2ccccn2)c2cc(O)c(O)cc12. The van der Waals surface area contributed by atoms with Crippen LogP contribution in [0.25, 0.3) is 22.2 Å². The van der Waals surface area contributed by atoms with E-state index in [0.717, 1.165) is 16.1 Å². The summed E-state index contributed by atoms with van der Waals surface area (Å²) in [5.74, 6) is -1.05. The molecule has 2 heterocycles. The Morgan fingerprint density at radius 2 is 1.54 bits per heavy atom. The Bertz CT molecular complexity index is 1350. The maximum atomic E-state index is 13.4. The van der Waals surface area contributed by atoms with E-state index in [-0.39, 0.29) is 21.6 Å². The molecule has 8 heteroatoms. The van der Waals surface area contributed by atoms with Crippen LogP contribution in [0.5, 0.6) is 11.5 Å². The summed E-state index contributed by atoms with van der Waals surface area (Å²) in [6.45, 7) is 0. The van der Waals surface area contributed by atoms with E-state index in [4.69, 9.17) is 0 Å². The highest BCUT2D eigenvalue weighted by Gasteiger charge is 2.25. The molecule has 0 bridgehead atoms. The van der Waals surface area contributed by atoms with E-state index in [0.29, 0.717) is 5.56 Å². The molecule has 0 amide bonds. The van der Waals surface area contributed by atoms with Crippen molar-refractivity contribution in [2.75, 3.05) is 0 Å². The minimum atomic E-state index is -4.22. The number of benzene rings is 2. The van der Waals surface area contributed by atoms with E-state index in [1.165, 1.54) is 24.4 Å². The van der Waals surface area contributed by atoms with Gasteiger partial charge in [0.15, 0.2) is 22.0 Å². The van der Waals surface area contributed by atoms with E-state index in [2.05, 4.69) is 4.98 Å². The summed E-state index contributed by atoms with van der Waals surface area (Å²) < 4.78 is 27.8. The Labute approximate surface area is 159 Å². The summed E-state index contributed by atoms with van der Waals surface area (Å²) in [7, 11) is -4.22. The molecule has 0 aliphatic carbocycles. The van der Waals surface area contributed by atoms with E-state index in [1.54, 1.807) is 36.4 Å². The Kier molecular flexibility index (Phi) is 4.12. The van der Waals surface area contributed by atoms with Gasteiger partial charge in [-0.3, -0.25) is 4.79 Å². The number of hydrogen-bond donors (Lipinski definition) is 2. The van der Waals surface area contributed by atoms with Crippen LogP contribution in [0.3, 0.4) is 0 Å². The molecule has 0 spiro atoms. The summed E-state index contributed by atoms with van der Waals surface area (Å²) in [6, 6.07) is 16.3. The van der Waals surface area contributed by atoms with Crippen LogP contribution in [0.4, 0.5) is 0 Å². The first-order chi connectivity index (χ1) is 13.4. The van der Waals surface area contributed by atoms with Gasteiger partial charge in [-0.25, -0.2) is 8.96 Å². The normalized spacial score (nSPS) is 11.6. The average molecular weight is 394 g/mol. The van der Waals surface area contributed by atoms with E-state index in [1.807, 2.05) is 0 Å². The topological polar surface area (TPSA) is 109 Å². The fourth-order valence-electron chi connectivity index (χ4n) is 2.98. The van der Waals surface area contributed by atoms with Crippen LogP contribution in [0.1, 0.15) is 0 Å². The van der Waals surface area contributed by atoms with Crippen LogP contribution in [-0.4, -0.2) is 27.6 Å². The highest BCUT2D eigenvalue weighted by Crippen LogP contribution is 2.33. The number of hydrogen-bond acceptors (Lipinski definition) is 6. The van der Waals surface area contributed by atoms with Crippen molar-refractivity contribution in [1.82, 2.24) is 8.96 Å². The van der Waals surface area contributed by atoms with Crippen molar-refractivity contribution in [3.8, 4) is 22.8 Å². The summed E-state index contributed by atoms with van der Waals surface area (Å²) in [5.41, 5.74) is 0.0614. The molecule has 0 atom stereocenters. The lowest BCUT2D eigenvalue weighted by Crippen LogP contribution is -2.20. The van der Waals surface area contributed by atoms with Crippen LogP contribution in [0, 0.1) is 0 Å². The zero-order valence-corrected chi connectivity index (χ0v) is 15.2. The van der Waals surface area contributed by atoms with Crippen molar-refractivity contribution in [3.05, 3.63) is 83.2 Å². The quantitative estimate of drug-likeness (QED) is 0.517. The average Bonchev–Trinajstić information content (AvgIpc) is 2.70. The Morgan fingerprint density at radius 1 is 0.857 bits per heavy atom. The summed E-state index contributed by atoms with van der Waals surface area (Å²) in [6.07, 6.45) is 1.35. The molecular formula is C20H14N2O5S. The molecule has 2 aromatic heterocycles. The molecule has 0 unspecified atom stereocenters. The minimum absolute atomic E-state index is 0.0468. The fraction of sp³-hybridized carbons (Fsp3) is 0. The monoisotopic (exact) mass is 394 g/mol. The largest absolute Gasteiger partial charge is 0.504 e. The molecule has 28 heavy (non-hydrogen) atoms. The summed E-state index contributed by atoms with van der Waals surface area (Å²) >= 11 is 0. The van der Waals surface area contributed by atoms with Crippen LogP contribution in [0.15, 0.2) is 82.7 Å². The van der Waals surface area contributed by atoms with Crippen molar-refractivity contribution in [2.45, 2.75) is 5.03 Å². The number of fused-ring (bicyclic) bond motifs is 1. The van der Waals surface area contributed by atoms with Gasteiger partial charge in [0.1, 0.15) is 0 Å². The Balaban J connectivity index is 2.20. The number of nitrogens with zero attached hydrogens (tertiary/aromatic N) is 2. The van der Waals surface area contributed by atoms with Gasteiger partial charge < -0.3 is 10.2 Å². The second-order valence-corrected chi connectivity index (χ2v) is 7.79. The predicted octanol–water partition coefficient (Wildman–Crippen LogP) is 2.71. The Morgan fingerprint density at radius 3 is 2.21 bits per heavy atom. The number of phenols is 2. The van der Waals surface area contributed by atoms with Crippen LogP contribution >= 0.6 is 0 Å². The van der Waals surface area contributed by atoms with Gasteiger partial charge in [0, 0.05) is 18.3 Å². The first-order valence-electron chi connectivity index (χ1n) is 8.23. The molecule has 2 aromatic carbocycles. The van der Waals surface area contributed by atoms with Gasteiger partial charge in [-0.15, -0.1) is 0 Å². The molecule has 0 fully saturated rings.